The van der Waals surface area contributed by atoms with Crippen LogP contribution in [0.15, 0.2) is 54.6 Å². The summed E-state index contributed by atoms with van der Waals surface area (Å²) in [4.78, 5) is 24.7. The molecule has 0 aliphatic heterocycles. The molecule has 0 spiro atoms. The molecule has 2 amide bonds. The maximum atomic E-state index is 12.7. The van der Waals surface area contributed by atoms with Crippen LogP contribution < -0.4 is 15.4 Å². The molecule has 0 saturated carbocycles. The van der Waals surface area contributed by atoms with Gasteiger partial charge in [0.25, 0.3) is 5.91 Å². The van der Waals surface area contributed by atoms with Crippen LogP contribution in [0.25, 0.3) is 0 Å². The van der Waals surface area contributed by atoms with E-state index in [4.69, 9.17) is 5.26 Å². The van der Waals surface area contributed by atoms with E-state index in [2.05, 4.69) is 15.4 Å². The lowest BCUT2D eigenvalue weighted by Gasteiger charge is -2.18. The maximum absolute atomic E-state index is 12.7. The Balaban J connectivity index is 2.21. The molecule has 11 heteroatoms. The maximum Gasteiger partial charge on any atom is 0.387 e. The first kappa shape index (κ1) is 23.8. The number of nitriles is 1. The van der Waals surface area contributed by atoms with Gasteiger partial charge in [0, 0.05) is 11.1 Å². The zero-order valence-electron chi connectivity index (χ0n) is 16.1. The molecule has 2 aromatic rings. The molecule has 2 aromatic carbocycles. The highest BCUT2D eigenvalue weighted by atomic mass is 32.2. The van der Waals surface area contributed by atoms with Crippen molar-refractivity contribution in [2.24, 2.45) is 0 Å². The molecule has 164 valence electrons. The Morgan fingerprint density at radius 1 is 1.06 bits per heavy atom. The summed E-state index contributed by atoms with van der Waals surface area (Å²) >= 11 is 0. The summed E-state index contributed by atoms with van der Waals surface area (Å²) in [6.07, 6.45) is 0. The smallest absolute Gasteiger partial charge is 0.387 e. The van der Waals surface area contributed by atoms with Gasteiger partial charge >= 0.3 is 6.61 Å². The van der Waals surface area contributed by atoms with Crippen LogP contribution in [0.3, 0.4) is 0 Å². The fourth-order valence-corrected chi connectivity index (χ4v) is 4.22. The van der Waals surface area contributed by atoms with Crippen LogP contribution in [0, 0.1) is 11.3 Å². The summed E-state index contributed by atoms with van der Waals surface area (Å²) in [5.74, 6) is -3.37. The predicted octanol–water partition coefficient (Wildman–Crippen LogP) is 1.64. The predicted molar refractivity (Wildman–Crippen MR) is 107 cm³/mol. The molecule has 0 aliphatic carbocycles. The van der Waals surface area contributed by atoms with Crippen LogP contribution in [0.4, 0.5) is 8.78 Å². The SMILES string of the molecule is N#CCNC(=O)[C@H](CS(=O)(=O)Cc1ccccc1OC(F)F)NC(=O)c1ccccc1. The van der Waals surface area contributed by atoms with Crippen molar-refractivity contribution in [3.63, 3.8) is 0 Å². The molecule has 0 fully saturated rings. The minimum Gasteiger partial charge on any atom is -0.435 e. The second-order valence-corrected chi connectivity index (χ2v) is 8.42. The van der Waals surface area contributed by atoms with Gasteiger partial charge in [-0.1, -0.05) is 36.4 Å². The van der Waals surface area contributed by atoms with Crippen molar-refractivity contribution in [1.29, 1.82) is 5.26 Å². The molecule has 2 N–H and O–H groups in total. The minimum atomic E-state index is -4.07. The van der Waals surface area contributed by atoms with Crippen molar-refractivity contribution in [3.05, 3.63) is 65.7 Å². The molecule has 0 aromatic heterocycles. The normalized spacial score (nSPS) is 11.9. The van der Waals surface area contributed by atoms with E-state index in [9.17, 15) is 26.8 Å². The number of halogens is 2. The van der Waals surface area contributed by atoms with Gasteiger partial charge in [-0.15, -0.1) is 0 Å². The van der Waals surface area contributed by atoms with Gasteiger partial charge in [0.15, 0.2) is 9.84 Å². The zero-order chi connectivity index (χ0) is 22.9. The molecule has 0 bridgehead atoms. The average molecular weight is 451 g/mol. The van der Waals surface area contributed by atoms with Gasteiger partial charge in [0.2, 0.25) is 5.91 Å². The van der Waals surface area contributed by atoms with Crippen molar-refractivity contribution in [3.8, 4) is 11.8 Å². The Labute approximate surface area is 177 Å². The third-order valence-corrected chi connectivity index (χ3v) is 5.58. The molecule has 0 radical (unpaired) electrons. The van der Waals surface area contributed by atoms with E-state index in [1.165, 1.54) is 36.4 Å². The molecular formula is C20H19F2N3O5S. The first-order valence-electron chi connectivity index (χ1n) is 8.95. The lowest BCUT2D eigenvalue weighted by atomic mass is 10.2. The summed E-state index contributed by atoms with van der Waals surface area (Å²) in [5, 5.41) is 13.2. The average Bonchev–Trinajstić information content (AvgIpc) is 2.72. The van der Waals surface area contributed by atoms with Crippen LogP contribution in [0.1, 0.15) is 15.9 Å². The highest BCUT2D eigenvalue weighted by Crippen LogP contribution is 2.23. The lowest BCUT2D eigenvalue weighted by Crippen LogP contribution is -2.50. The van der Waals surface area contributed by atoms with Crippen molar-refractivity contribution >= 4 is 21.7 Å². The number of para-hydroxylation sites is 1. The Morgan fingerprint density at radius 2 is 1.71 bits per heavy atom. The number of hydrogen-bond donors (Lipinski definition) is 2. The van der Waals surface area contributed by atoms with E-state index >= 15 is 0 Å². The summed E-state index contributed by atoms with van der Waals surface area (Å²) in [5.41, 5.74) is 0.182. The van der Waals surface area contributed by atoms with Gasteiger partial charge in [-0.2, -0.15) is 14.0 Å². The van der Waals surface area contributed by atoms with Crippen LogP contribution in [0.5, 0.6) is 5.75 Å². The monoisotopic (exact) mass is 451 g/mol. The Kier molecular flexibility index (Phi) is 8.45. The number of benzene rings is 2. The summed E-state index contributed by atoms with van der Waals surface area (Å²) in [7, 11) is -4.07. The van der Waals surface area contributed by atoms with Gasteiger partial charge in [-0.3, -0.25) is 9.59 Å². The van der Waals surface area contributed by atoms with E-state index < -0.39 is 45.8 Å². The number of carbonyl (C=O) groups is 2. The third-order valence-electron chi connectivity index (χ3n) is 3.98. The summed E-state index contributed by atoms with van der Waals surface area (Å²) in [6, 6.07) is 13.4. The topological polar surface area (TPSA) is 125 Å². The highest BCUT2D eigenvalue weighted by Gasteiger charge is 2.28. The van der Waals surface area contributed by atoms with Gasteiger partial charge in [0.05, 0.1) is 17.6 Å². The Morgan fingerprint density at radius 3 is 2.35 bits per heavy atom. The van der Waals surface area contributed by atoms with Gasteiger partial charge in [-0.25, -0.2) is 8.42 Å². The van der Waals surface area contributed by atoms with Crippen molar-refractivity contribution < 1.29 is 31.5 Å². The number of rotatable bonds is 10. The van der Waals surface area contributed by atoms with Crippen molar-refractivity contribution in [2.45, 2.75) is 18.4 Å². The van der Waals surface area contributed by atoms with E-state index in [0.29, 0.717) is 0 Å². The van der Waals surface area contributed by atoms with Gasteiger partial charge in [0.1, 0.15) is 18.3 Å². The fraction of sp³-hybridized carbons (Fsp3) is 0.250. The molecule has 0 heterocycles. The number of ether oxygens (including phenoxy) is 1. The van der Waals surface area contributed by atoms with E-state index in [1.807, 2.05) is 0 Å². The number of alkyl halides is 2. The van der Waals surface area contributed by atoms with Gasteiger partial charge < -0.3 is 15.4 Å². The molecule has 31 heavy (non-hydrogen) atoms. The van der Waals surface area contributed by atoms with Crippen molar-refractivity contribution in [1.82, 2.24) is 10.6 Å². The minimum absolute atomic E-state index is 0.0200. The lowest BCUT2D eigenvalue weighted by molar-refractivity contribution is -0.122. The molecule has 8 nitrogen and oxygen atoms in total. The molecule has 2 rings (SSSR count). The van der Waals surface area contributed by atoms with Gasteiger partial charge in [-0.05, 0) is 18.2 Å². The summed E-state index contributed by atoms with van der Waals surface area (Å²) < 4.78 is 54.9. The largest absolute Gasteiger partial charge is 0.435 e. The zero-order valence-corrected chi connectivity index (χ0v) is 16.9. The number of nitrogens with zero attached hydrogens (tertiary/aromatic N) is 1. The molecule has 0 saturated heterocycles. The molecule has 0 unspecified atom stereocenters. The Hall–Kier alpha value is -3.52. The number of amides is 2. The molecular weight excluding hydrogens is 432 g/mol. The number of carbonyl (C=O) groups excluding carboxylic acids is 2. The van der Waals surface area contributed by atoms with E-state index in [1.54, 1.807) is 24.3 Å². The second-order valence-electron chi connectivity index (χ2n) is 6.31. The highest BCUT2D eigenvalue weighted by molar-refractivity contribution is 7.90. The Bertz CT molecular complexity index is 1060. The first-order valence-corrected chi connectivity index (χ1v) is 10.8. The second kappa shape index (κ2) is 11.0. The number of hydrogen-bond acceptors (Lipinski definition) is 6. The van der Waals surface area contributed by atoms with Crippen LogP contribution in [-0.4, -0.2) is 45.2 Å². The summed E-state index contributed by atoms with van der Waals surface area (Å²) in [6.45, 7) is -3.53. The van der Waals surface area contributed by atoms with E-state index in [0.717, 1.165) is 0 Å². The number of nitrogens with one attached hydrogen (secondary N) is 2. The number of sulfone groups is 1. The quantitative estimate of drug-likeness (QED) is 0.529. The molecule has 1 atom stereocenters. The van der Waals surface area contributed by atoms with Crippen LogP contribution in [-0.2, 0) is 20.4 Å². The van der Waals surface area contributed by atoms with Crippen LogP contribution >= 0.6 is 0 Å². The van der Waals surface area contributed by atoms with Crippen LogP contribution in [0.2, 0.25) is 0 Å². The third kappa shape index (κ3) is 7.67. The molecule has 0 aliphatic rings. The standard InChI is InChI=1S/C20H19F2N3O5S/c21-20(22)30-17-9-5-4-8-15(17)12-31(28,29)13-16(19(27)24-11-10-23)25-18(26)14-6-2-1-3-7-14/h1-9,16,20H,11-13H2,(H,24,27)(H,25,26)/t16-/m0/s1. The first-order chi connectivity index (χ1) is 14.7. The van der Waals surface area contributed by atoms with E-state index in [-0.39, 0.29) is 23.4 Å². The van der Waals surface area contributed by atoms with Crippen molar-refractivity contribution in [2.75, 3.05) is 12.3 Å². The fourth-order valence-electron chi connectivity index (χ4n) is 2.65.